The number of nitrogens with one attached hydrogen (secondary N) is 1. The first kappa shape index (κ1) is 21.4. The first-order valence-electron chi connectivity index (χ1n) is 9.12. The second-order valence-electron chi connectivity index (χ2n) is 7.17. The molecular formula is C18H22Cl2F3N5. The molecule has 1 aromatic heterocycles. The van der Waals surface area contributed by atoms with Gasteiger partial charge < -0.3 is 9.88 Å². The van der Waals surface area contributed by atoms with Crippen LogP contribution in [0.25, 0.3) is 0 Å². The van der Waals surface area contributed by atoms with Gasteiger partial charge in [-0.05, 0) is 43.6 Å². The minimum Gasteiger partial charge on any atom is -0.312 e. The van der Waals surface area contributed by atoms with E-state index in [0.717, 1.165) is 63.3 Å². The van der Waals surface area contributed by atoms with E-state index in [1.54, 1.807) is 6.07 Å². The summed E-state index contributed by atoms with van der Waals surface area (Å²) in [6.07, 6.45) is -2.56. The molecule has 5 nitrogen and oxygen atoms in total. The van der Waals surface area contributed by atoms with E-state index in [1.165, 1.54) is 6.07 Å². The quantitative estimate of drug-likeness (QED) is 0.794. The van der Waals surface area contributed by atoms with Crippen molar-refractivity contribution in [1.82, 2.24) is 25.0 Å². The van der Waals surface area contributed by atoms with Crippen molar-refractivity contribution < 1.29 is 13.2 Å². The molecule has 0 bridgehead atoms. The fourth-order valence-corrected chi connectivity index (χ4v) is 4.14. The number of hydrogen-bond donors (Lipinski definition) is 1. The van der Waals surface area contributed by atoms with Crippen molar-refractivity contribution in [2.45, 2.75) is 44.6 Å². The van der Waals surface area contributed by atoms with Crippen LogP contribution in [0.4, 0.5) is 13.2 Å². The fourth-order valence-electron chi connectivity index (χ4n) is 3.91. The van der Waals surface area contributed by atoms with Gasteiger partial charge in [0.25, 0.3) is 0 Å². The highest BCUT2D eigenvalue weighted by molar-refractivity contribution is 6.31. The van der Waals surface area contributed by atoms with E-state index in [1.807, 2.05) is 0 Å². The summed E-state index contributed by atoms with van der Waals surface area (Å²) in [5.41, 5.74) is -0.128. The average molecular weight is 436 g/mol. The summed E-state index contributed by atoms with van der Waals surface area (Å²) in [7, 11) is 0. The molecule has 10 heteroatoms. The Kier molecular flexibility index (Phi) is 6.54. The van der Waals surface area contributed by atoms with Gasteiger partial charge in [-0.2, -0.15) is 13.2 Å². The molecule has 0 amide bonds. The summed E-state index contributed by atoms with van der Waals surface area (Å²) in [5, 5.41) is 11.7. The van der Waals surface area contributed by atoms with Crippen LogP contribution in [0, 0.1) is 0 Å². The number of fused-ring (bicyclic) bond motifs is 1. The maximum Gasteiger partial charge on any atom is 0.417 e. The molecular weight excluding hydrogens is 414 g/mol. The third-order valence-corrected chi connectivity index (χ3v) is 5.68. The van der Waals surface area contributed by atoms with Crippen LogP contribution in [-0.4, -0.2) is 39.3 Å². The van der Waals surface area contributed by atoms with Crippen LogP contribution in [0.2, 0.25) is 5.02 Å². The van der Waals surface area contributed by atoms with E-state index in [9.17, 15) is 13.2 Å². The lowest BCUT2D eigenvalue weighted by Gasteiger charge is -2.32. The maximum absolute atomic E-state index is 13.0. The van der Waals surface area contributed by atoms with Gasteiger partial charge in [0.1, 0.15) is 11.6 Å². The number of piperidine rings is 1. The number of alkyl halides is 3. The van der Waals surface area contributed by atoms with E-state index in [2.05, 4.69) is 25.0 Å². The van der Waals surface area contributed by atoms with E-state index >= 15 is 0 Å². The van der Waals surface area contributed by atoms with Crippen molar-refractivity contribution in [2.75, 3.05) is 19.6 Å². The Balaban J connectivity index is 0.00000225. The van der Waals surface area contributed by atoms with Gasteiger partial charge in [0.15, 0.2) is 0 Å². The number of halogens is 5. The van der Waals surface area contributed by atoms with Crippen LogP contribution in [0.3, 0.4) is 0 Å². The van der Waals surface area contributed by atoms with Crippen LogP contribution in [-0.2, 0) is 25.8 Å². The van der Waals surface area contributed by atoms with Crippen LogP contribution in [0.1, 0.15) is 41.5 Å². The number of nitrogens with zero attached hydrogens (tertiary/aromatic N) is 4. The first-order chi connectivity index (χ1) is 12.9. The van der Waals surface area contributed by atoms with Crippen LogP contribution >= 0.6 is 24.0 Å². The lowest BCUT2D eigenvalue weighted by atomic mass is 9.95. The second-order valence-corrected chi connectivity index (χ2v) is 7.57. The number of rotatable bonds is 3. The van der Waals surface area contributed by atoms with Crippen molar-refractivity contribution in [2.24, 2.45) is 0 Å². The Morgan fingerprint density at radius 1 is 1.14 bits per heavy atom. The van der Waals surface area contributed by atoms with Crippen LogP contribution in [0.5, 0.6) is 0 Å². The zero-order valence-electron chi connectivity index (χ0n) is 15.2. The monoisotopic (exact) mass is 435 g/mol. The molecule has 0 saturated carbocycles. The van der Waals surface area contributed by atoms with Crippen molar-refractivity contribution in [3.05, 3.63) is 46.0 Å². The molecule has 2 aliphatic rings. The molecule has 3 heterocycles. The Morgan fingerprint density at radius 2 is 1.89 bits per heavy atom. The summed E-state index contributed by atoms with van der Waals surface area (Å²) >= 11 is 5.70. The molecule has 28 heavy (non-hydrogen) atoms. The normalized spacial score (nSPS) is 18.6. The molecule has 4 rings (SSSR count). The Hall–Kier alpha value is -1.35. The average Bonchev–Trinajstić information content (AvgIpc) is 3.07. The summed E-state index contributed by atoms with van der Waals surface area (Å²) in [6.45, 7) is 4.72. The molecule has 0 aliphatic carbocycles. The minimum absolute atomic E-state index is 0. The molecule has 0 radical (unpaired) electrons. The molecule has 1 N–H and O–H groups in total. The van der Waals surface area contributed by atoms with Gasteiger partial charge >= 0.3 is 6.18 Å². The third kappa shape index (κ3) is 4.45. The lowest BCUT2D eigenvalue weighted by molar-refractivity contribution is -0.137. The van der Waals surface area contributed by atoms with Crippen molar-refractivity contribution in [3.63, 3.8) is 0 Å². The van der Waals surface area contributed by atoms with Gasteiger partial charge in [-0.3, -0.25) is 4.90 Å². The summed E-state index contributed by atoms with van der Waals surface area (Å²) in [4.78, 5) is 2.19. The first-order valence-corrected chi connectivity index (χ1v) is 9.50. The molecule has 0 atom stereocenters. The van der Waals surface area contributed by atoms with Gasteiger partial charge in [0.2, 0.25) is 0 Å². The third-order valence-electron chi connectivity index (χ3n) is 5.35. The van der Waals surface area contributed by atoms with Gasteiger partial charge in [-0.1, -0.05) is 17.7 Å². The summed E-state index contributed by atoms with van der Waals surface area (Å²) in [5.74, 6) is 2.40. The molecule has 0 spiro atoms. The van der Waals surface area contributed by atoms with Crippen LogP contribution in [0.15, 0.2) is 18.2 Å². The van der Waals surface area contributed by atoms with Gasteiger partial charge in [-0.15, -0.1) is 22.6 Å². The van der Waals surface area contributed by atoms with Crippen molar-refractivity contribution in [1.29, 1.82) is 0 Å². The molecule has 2 aliphatic heterocycles. The number of likely N-dealkylation sites (tertiary alicyclic amines) is 1. The highest BCUT2D eigenvalue weighted by Crippen LogP contribution is 2.35. The number of hydrogen-bond acceptors (Lipinski definition) is 4. The SMILES string of the molecule is Cl.FC(F)(F)c1cc(CN2CCC(c3nnc4n3CCNC4)CC2)ccc1Cl. The van der Waals surface area contributed by atoms with Gasteiger partial charge in [0, 0.05) is 25.6 Å². The molecule has 1 aromatic carbocycles. The maximum atomic E-state index is 13.0. The molecule has 2 aromatic rings. The Labute approximate surface area is 172 Å². The largest absolute Gasteiger partial charge is 0.417 e. The molecule has 154 valence electrons. The smallest absolute Gasteiger partial charge is 0.312 e. The predicted molar refractivity (Wildman–Crippen MR) is 103 cm³/mol. The van der Waals surface area contributed by atoms with Gasteiger partial charge in [-0.25, -0.2) is 0 Å². The van der Waals surface area contributed by atoms with E-state index in [-0.39, 0.29) is 17.4 Å². The summed E-state index contributed by atoms with van der Waals surface area (Å²) in [6, 6.07) is 4.17. The topological polar surface area (TPSA) is 46.0 Å². The van der Waals surface area contributed by atoms with E-state index in [4.69, 9.17) is 11.6 Å². The zero-order valence-corrected chi connectivity index (χ0v) is 16.7. The van der Waals surface area contributed by atoms with E-state index in [0.29, 0.717) is 18.0 Å². The predicted octanol–water partition coefficient (Wildman–Crippen LogP) is 3.85. The zero-order chi connectivity index (χ0) is 19.0. The summed E-state index contributed by atoms with van der Waals surface area (Å²) < 4.78 is 41.3. The number of aromatic nitrogens is 3. The van der Waals surface area contributed by atoms with Crippen LogP contribution < -0.4 is 5.32 Å². The standard InChI is InChI=1S/C18H21ClF3N5.ClH/c19-15-2-1-12(9-14(15)18(20,21)22)11-26-6-3-13(4-7-26)17-25-24-16-10-23-5-8-27(16)17;/h1-2,9,13,23H,3-8,10-11H2;1H. The van der Waals surface area contributed by atoms with E-state index < -0.39 is 11.7 Å². The van der Waals surface area contributed by atoms with Crippen molar-refractivity contribution in [3.8, 4) is 0 Å². The Morgan fingerprint density at radius 3 is 2.61 bits per heavy atom. The second kappa shape index (κ2) is 8.57. The minimum atomic E-state index is -4.43. The molecule has 1 fully saturated rings. The lowest BCUT2D eigenvalue weighted by Crippen LogP contribution is -2.34. The van der Waals surface area contributed by atoms with Gasteiger partial charge in [0.05, 0.1) is 17.1 Å². The fraction of sp³-hybridized carbons (Fsp3) is 0.556. The molecule has 1 saturated heterocycles. The number of benzene rings is 1. The highest BCUT2D eigenvalue weighted by Gasteiger charge is 2.33. The highest BCUT2D eigenvalue weighted by atomic mass is 35.5. The Bertz CT molecular complexity index is 816. The van der Waals surface area contributed by atoms with Crippen molar-refractivity contribution >= 4 is 24.0 Å². The molecule has 0 unspecified atom stereocenters.